The lowest BCUT2D eigenvalue weighted by molar-refractivity contribution is -0.138. The van der Waals surface area contributed by atoms with E-state index in [1.807, 2.05) is 0 Å². The average Bonchev–Trinajstić information content (AvgIpc) is 2.67. The third-order valence-corrected chi connectivity index (χ3v) is 4.08. The summed E-state index contributed by atoms with van der Waals surface area (Å²) in [6.45, 7) is 0.103. The van der Waals surface area contributed by atoms with Gasteiger partial charge in [-0.05, 0) is 30.7 Å². The molecule has 1 N–H and O–H groups in total. The molecule has 1 saturated heterocycles. The highest BCUT2D eigenvalue weighted by Crippen LogP contribution is 2.33. The van der Waals surface area contributed by atoms with Crippen LogP contribution in [0.1, 0.15) is 32.8 Å². The number of carboxylic acid groups (broad SMARTS) is 1. The van der Waals surface area contributed by atoms with Gasteiger partial charge in [0.2, 0.25) is 0 Å². The molecule has 0 unspecified atom stereocenters. The van der Waals surface area contributed by atoms with Gasteiger partial charge in [-0.2, -0.15) is 13.2 Å². The number of hydrogen-bond acceptors (Lipinski definition) is 5. The summed E-state index contributed by atoms with van der Waals surface area (Å²) >= 11 is 0. The average molecular weight is 394 g/mol. The van der Waals surface area contributed by atoms with Gasteiger partial charge in [-0.1, -0.05) is 12.1 Å². The van der Waals surface area contributed by atoms with Crippen molar-refractivity contribution in [3.8, 4) is 0 Å². The van der Waals surface area contributed by atoms with Gasteiger partial charge in [0.15, 0.2) is 11.5 Å². The molecule has 28 heavy (non-hydrogen) atoms. The van der Waals surface area contributed by atoms with Gasteiger partial charge >= 0.3 is 18.2 Å². The van der Waals surface area contributed by atoms with E-state index in [2.05, 4.69) is 10.2 Å². The van der Waals surface area contributed by atoms with Gasteiger partial charge in [-0.15, -0.1) is 10.2 Å². The molecule has 0 aliphatic carbocycles. The molecule has 0 bridgehead atoms. The highest BCUT2D eigenvalue weighted by atomic mass is 19.4. The van der Waals surface area contributed by atoms with Crippen molar-refractivity contribution in [1.82, 2.24) is 15.1 Å². The minimum absolute atomic E-state index is 0.00314. The van der Waals surface area contributed by atoms with Crippen molar-refractivity contribution in [2.75, 3.05) is 18.0 Å². The molecule has 1 fully saturated rings. The highest BCUT2D eigenvalue weighted by Gasteiger charge is 2.39. The molecule has 0 radical (unpaired) electrons. The number of aromatic carboxylic acids is 1. The number of carbonyl (C=O) groups excluding carboxylic acids is 2. The Bertz CT molecular complexity index is 931. The predicted molar refractivity (Wildman–Crippen MR) is 88.8 cm³/mol. The number of imide groups is 1. The maximum absolute atomic E-state index is 13.2. The van der Waals surface area contributed by atoms with Gasteiger partial charge in [0.05, 0.1) is 11.1 Å². The largest absolute Gasteiger partial charge is 0.476 e. The van der Waals surface area contributed by atoms with Crippen LogP contribution in [-0.2, 0) is 6.18 Å². The Kier molecular flexibility index (Phi) is 4.99. The van der Waals surface area contributed by atoms with Crippen molar-refractivity contribution in [3.63, 3.8) is 0 Å². The lowest BCUT2D eigenvalue weighted by Gasteiger charge is -2.33. The monoisotopic (exact) mass is 394 g/mol. The molecule has 8 nitrogen and oxygen atoms in total. The highest BCUT2D eigenvalue weighted by molar-refractivity contribution is 6.09. The Morgan fingerprint density at radius 1 is 1.04 bits per heavy atom. The second-order valence-electron chi connectivity index (χ2n) is 5.87. The maximum atomic E-state index is 13.2. The normalized spacial score (nSPS) is 14.9. The molecule has 1 aliphatic rings. The number of alkyl halides is 3. The molecule has 3 rings (SSSR count). The molecule has 1 aromatic carbocycles. The quantitative estimate of drug-likeness (QED) is 0.859. The van der Waals surface area contributed by atoms with E-state index in [1.165, 1.54) is 12.1 Å². The molecule has 11 heteroatoms. The van der Waals surface area contributed by atoms with E-state index < -0.39 is 35.2 Å². The topological polar surface area (TPSA) is 104 Å². The van der Waals surface area contributed by atoms with Crippen LogP contribution < -0.4 is 4.90 Å². The molecule has 1 aromatic heterocycles. The van der Waals surface area contributed by atoms with E-state index in [0.29, 0.717) is 11.3 Å². The Labute approximate surface area is 156 Å². The second-order valence-corrected chi connectivity index (χ2v) is 5.87. The number of amides is 3. The molecular formula is C17H13F3N4O4. The Balaban J connectivity index is 1.89. The van der Waals surface area contributed by atoms with Gasteiger partial charge in [0.1, 0.15) is 0 Å². The number of halogens is 3. The maximum Gasteiger partial charge on any atom is 0.417 e. The van der Waals surface area contributed by atoms with Crippen LogP contribution in [-0.4, -0.2) is 51.2 Å². The zero-order chi connectivity index (χ0) is 20.5. The van der Waals surface area contributed by atoms with Crippen molar-refractivity contribution in [3.05, 3.63) is 53.2 Å². The van der Waals surface area contributed by atoms with Crippen molar-refractivity contribution in [1.29, 1.82) is 0 Å². The molecule has 146 valence electrons. The first-order valence-corrected chi connectivity index (χ1v) is 8.07. The van der Waals surface area contributed by atoms with Crippen LogP contribution in [0.3, 0.4) is 0 Å². The number of anilines is 1. The zero-order valence-corrected chi connectivity index (χ0v) is 14.2. The third-order valence-electron chi connectivity index (χ3n) is 4.08. The standard InChI is InChI=1S/C17H13F3N4O4/c18-17(19,20)11-5-2-1-4-10(11)14(25)24-9-3-8-23(16(24)28)13-7-6-12(15(26)27)21-22-13/h1-2,4-7H,3,8-9H2,(H,26,27). The predicted octanol–water partition coefficient (Wildman–Crippen LogP) is 2.67. The van der Waals surface area contributed by atoms with Gasteiger partial charge in [-0.3, -0.25) is 14.6 Å². The molecule has 0 spiro atoms. The smallest absolute Gasteiger partial charge is 0.417 e. The van der Waals surface area contributed by atoms with E-state index in [4.69, 9.17) is 5.11 Å². The Morgan fingerprint density at radius 2 is 1.75 bits per heavy atom. The van der Waals surface area contributed by atoms with Gasteiger partial charge in [0, 0.05) is 13.1 Å². The molecule has 1 aliphatic heterocycles. The first kappa shape index (κ1) is 19.3. The van der Waals surface area contributed by atoms with Crippen LogP contribution in [0.4, 0.5) is 23.8 Å². The fraction of sp³-hybridized carbons (Fsp3) is 0.235. The van der Waals surface area contributed by atoms with E-state index in [1.54, 1.807) is 0 Å². The number of hydrogen-bond donors (Lipinski definition) is 1. The Hall–Kier alpha value is -3.50. The number of carbonyl (C=O) groups is 3. The fourth-order valence-corrected chi connectivity index (χ4v) is 2.77. The number of nitrogens with zero attached hydrogens (tertiary/aromatic N) is 4. The number of rotatable bonds is 3. The first-order chi connectivity index (χ1) is 13.2. The summed E-state index contributed by atoms with van der Waals surface area (Å²) in [4.78, 5) is 38.0. The minimum atomic E-state index is -4.75. The zero-order valence-electron chi connectivity index (χ0n) is 14.2. The molecule has 0 atom stereocenters. The van der Waals surface area contributed by atoms with Crippen LogP contribution in [0, 0.1) is 0 Å². The summed E-state index contributed by atoms with van der Waals surface area (Å²) in [5.74, 6) is -2.38. The van der Waals surface area contributed by atoms with Crippen molar-refractivity contribution >= 4 is 23.7 Å². The van der Waals surface area contributed by atoms with Crippen LogP contribution >= 0.6 is 0 Å². The summed E-state index contributed by atoms with van der Waals surface area (Å²) in [6.07, 6.45) is -4.45. The minimum Gasteiger partial charge on any atom is -0.476 e. The van der Waals surface area contributed by atoms with E-state index in [-0.39, 0.29) is 24.6 Å². The summed E-state index contributed by atoms with van der Waals surface area (Å²) in [7, 11) is 0. The van der Waals surface area contributed by atoms with E-state index >= 15 is 0 Å². The molecule has 3 amide bonds. The summed E-state index contributed by atoms with van der Waals surface area (Å²) in [5.41, 5.74) is -2.09. The Morgan fingerprint density at radius 3 is 2.36 bits per heavy atom. The molecule has 2 heterocycles. The molecule has 2 aromatic rings. The fourth-order valence-electron chi connectivity index (χ4n) is 2.77. The van der Waals surface area contributed by atoms with Crippen LogP contribution in [0.15, 0.2) is 36.4 Å². The van der Waals surface area contributed by atoms with Gasteiger partial charge in [0.25, 0.3) is 5.91 Å². The van der Waals surface area contributed by atoms with Crippen LogP contribution in [0.2, 0.25) is 0 Å². The number of urea groups is 1. The van der Waals surface area contributed by atoms with Crippen LogP contribution in [0.25, 0.3) is 0 Å². The lowest BCUT2D eigenvalue weighted by Crippen LogP contribution is -2.52. The van der Waals surface area contributed by atoms with Gasteiger partial charge < -0.3 is 5.11 Å². The lowest BCUT2D eigenvalue weighted by atomic mass is 10.1. The summed E-state index contributed by atoms with van der Waals surface area (Å²) in [5, 5.41) is 16.0. The SMILES string of the molecule is O=C(O)c1ccc(N2CCCN(C(=O)c3ccccc3C(F)(F)F)C2=O)nn1. The van der Waals surface area contributed by atoms with Gasteiger partial charge in [-0.25, -0.2) is 9.59 Å². The molecular weight excluding hydrogens is 381 g/mol. The van der Waals surface area contributed by atoms with Crippen molar-refractivity contribution in [2.45, 2.75) is 12.6 Å². The van der Waals surface area contributed by atoms with Crippen LogP contribution in [0.5, 0.6) is 0 Å². The number of benzene rings is 1. The number of aromatic nitrogens is 2. The molecule has 0 saturated carbocycles. The first-order valence-electron chi connectivity index (χ1n) is 8.07. The second kappa shape index (κ2) is 7.25. The number of carboxylic acids is 1. The third kappa shape index (κ3) is 3.63. The summed E-state index contributed by atoms with van der Waals surface area (Å²) < 4.78 is 39.6. The summed E-state index contributed by atoms with van der Waals surface area (Å²) in [6, 6.07) is 5.75. The van der Waals surface area contributed by atoms with Crippen molar-refractivity contribution in [2.24, 2.45) is 0 Å². The van der Waals surface area contributed by atoms with E-state index in [9.17, 15) is 27.6 Å². The van der Waals surface area contributed by atoms with E-state index in [0.717, 1.165) is 29.2 Å². The van der Waals surface area contributed by atoms with Crippen molar-refractivity contribution < 1.29 is 32.7 Å².